The van der Waals surface area contributed by atoms with Gasteiger partial charge in [-0.25, -0.2) is 0 Å². The van der Waals surface area contributed by atoms with Gasteiger partial charge in [-0.3, -0.25) is 0 Å². The molecule has 80 valence electrons. The van der Waals surface area contributed by atoms with Crippen molar-refractivity contribution in [1.29, 1.82) is 0 Å². The number of rotatable bonds is 5. The molecule has 1 aliphatic carbocycles. The van der Waals surface area contributed by atoms with E-state index in [1.807, 2.05) is 0 Å². The molecule has 0 saturated heterocycles. The van der Waals surface area contributed by atoms with Gasteiger partial charge in [0.25, 0.3) is 0 Å². The highest BCUT2D eigenvalue weighted by atomic mass is 14.2. The van der Waals surface area contributed by atoms with Crippen LogP contribution in [0.4, 0.5) is 0 Å². The van der Waals surface area contributed by atoms with Crippen LogP contribution in [0.25, 0.3) is 0 Å². The van der Waals surface area contributed by atoms with E-state index in [0.29, 0.717) is 5.92 Å². The third-order valence-electron chi connectivity index (χ3n) is 3.55. The van der Waals surface area contributed by atoms with Crippen molar-refractivity contribution in [3.8, 4) is 12.3 Å². The fourth-order valence-electron chi connectivity index (χ4n) is 2.48. The van der Waals surface area contributed by atoms with Crippen molar-refractivity contribution in [2.24, 2.45) is 11.8 Å². The molecule has 0 unspecified atom stereocenters. The summed E-state index contributed by atoms with van der Waals surface area (Å²) in [5, 5.41) is 0. The molecule has 1 rings (SSSR count). The first kappa shape index (κ1) is 11.6. The molecule has 0 aliphatic heterocycles. The first-order valence-electron chi connectivity index (χ1n) is 6.33. The Morgan fingerprint density at radius 3 is 2.36 bits per heavy atom. The minimum absolute atomic E-state index is 0.599. The van der Waals surface area contributed by atoms with E-state index < -0.39 is 0 Å². The summed E-state index contributed by atoms with van der Waals surface area (Å²) in [5.41, 5.74) is 0. The Morgan fingerprint density at radius 2 is 1.79 bits per heavy atom. The van der Waals surface area contributed by atoms with Crippen molar-refractivity contribution < 1.29 is 0 Å². The number of hydrogen-bond donors (Lipinski definition) is 0. The minimum Gasteiger partial charge on any atom is -0.120 e. The summed E-state index contributed by atoms with van der Waals surface area (Å²) in [6.45, 7) is 2.28. The largest absolute Gasteiger partial charge is 0.120 e. The second-order valence-electron chi connectivity index (χ2n) is 4.73. The van der Waals surface area contributed by atoms with Gasteiger partial charge in [-0.05, 0) is 31.6 Å². The smallest absolute Gasteiger partial charge is 0.0200 e. The molecule has 0 aromatic rings. The predicted molar refractivity (Wildman–Crippen MR) is 63.0 cm³/mol. The highest BCUT2D eigenvalue weighted by Crippen LogP contribution is 2.31. The fraction of sp³-hybridized carbons (Fsp3) is 0.857. The van der Waals surface area contributed by atoms with Gasteiger partial charge in [0.1, 0.15) is 0 Å². The molecular weight excluding hydrogens is 168 g/mol. The molecule has 0 aromatic carbocycles. The maximum atomic E-state index is 5.44. The molecular formula is C14H24. The van der Waals surface area contributed by atoms with Crippen molar-refractivity contribution in [2.45, 2.75) is 64.7 Å². The van der Waals surface area contributed by atoms with Gasteiger partial charge in [0.15, 0.2) is 0 Å². The molecule has 0 N–H and O–H groups in total. The van der Waals surface area contributed by atoms with E-state index in [2.05, 4.69) is 12.8 Å². The van der Waals surface area contributed by atoms with Gasteiger partial charge in [-0.2, -0.15) is 0 Å². The van der Waals surface area contributed by atoms with Gasteiger partial charge in [0, 0.05) is 5.92 Å². The van der Waals surface area contributed by atoms with Gasteiger partial charge in [0.2, 0.25) is 0 Å². The Kier molecular flexibility index (Phi) is 5.76. The number of unbranched alkanes of at least 4 members (excludes halogenated alkanes) is 3. The van der Waals surface area contributed by atoms with Gasteiger partial charge in [-0.15, -0.1) is 12.3 Å². The van der Waals surface area contributed by atoms with Crippen molar-refractivity contribution in [3.05, 3.63) is 0 Å². The van der Waals surface area contributed by atoms with Crippen LogP contribution in [0, 0.1) is 24.2 Å². The molecule has 0 heteroatoms. The molecule has 1 fully saturated rings. The Bertz CT molecular complexity index is 167. The molecule has 0 nitrogen and oxygen atoms in total. The lowest BCUT2D eigenvalue weighted by atomic mass is 9.80. The SMILES string of the molecule is C#CC1CCC(CCCCCC)CC1. The Hall–Kier alpha value is -0.440. The fourth-order valence-corrected chi connectivity index (χ4v) is 2.48. The molecule has 0 aromatic heterocycles. The monoisotopic (exact) mass is 192 g/mol. The highest BCUT2D eigenvalue weighted by molar-refractivity contribution is 4.95. The maximum Gasteiger partial charge on any atom is 0.0200 e. The first-order valence-corrected chi connectivity index (χ1v) is 6.33. The van der Waals surface area contributed by atoms with Gasteiger partial charge in [0.05, 0.1) is 0 Å². The van der Waals surface area contributed by atoms with Crippen LogP contribution in [0.5, 0.6) is 0 Å². The average Bonchev–Trinajstić information content (AvgIpc) is 2.25. The lowest BCUT2D eigenvalue weighted by Gasteiger charge is -2.25. The zero-order valence-corrected chi connectivity index (χ0v) is 9.60. The van der Waals surface area contributed by atoms with Gasteiger partial charge >= 0.3 is 0 Å². The van der Waals surface area contributed by atoms with E-state index in [-0.39, 0.29) is 0 Å². The van der Waals surface area contributed by atoms with E-state index in [1.54, 1.807) is 0 Å². The van der Waals surface area contributed by atoms with Crippen LogP contribution >= 0.6 is 0 Å². The predicted octanol–water partition coefficient (Wildman–Crippen LogP) is 4.40. The second-order valence-corrected chi connectivity index (χ2v) is 4.73. The van der Waals surface area contributed by atoms with Crippen LogP contribution in [0.1, 0.15) is 64.7 Å². The van der Waals surface area contributed by atoms with Crippen molar-refractivity contribution in [1.82, 2.24) is 0 Å². The van der Waals surface area contributed by atoms with Crippen LogP contribution in [-0.2, 0) is 0 Å². The summed E-state index contributed by atoms with van der Waals surface area (Å²) in [6, 6.07) is 0. The van der Waals surface area contributed by atoms with Crippen molar-refractivity contribution in [2.75, 3.05) is 0 Å². The average molecular weight is 192 g/mol. The first-order chi connectivity index (χ1) is 6.86. The summed E-state index contributed by atoms with van der Waals surface area (Å²) in [7, 11) is 0. The van der Waals surface area contributed by atoms with Gasteiger partial charge in [-0.1, -0.05) is 39.0 Å². The molecule has 0 bridgehead atoms. The zero-order valence-electron chi connectivity index (χ0n) is 9.60. The molecule has 0 atom stereocenters. The molecule has 0 radical (unpaired) electrons. The van der Waals surface area contributed by atoms with E-state index in [1.165, 1.54) is 57.8 Å². The lowest BCUT2D eigenvalue weighted by Crippen LogP contribution is -2.13. The molecule has 0 spiro atoms. The molecule has 0 heterocycles. The number of hydrogen-bond acceptors (Lipinski definition) is 0. The Labute approximate surface area is 89.5 Å². The van der Waals surface area contributed by atoms with Crippen LogP contribution in [0.2, 0.25) is 0 Å². The summed E-state index contributed by atoms with van der Waals surface area (Å²) < 4.78 is 0. The summed E-state index contributed by atoms with van der Waals surface area (Å²) in [5.74, 6) is 4.50. The van der Waals surface area contributed by atoms with E-state index >= 15 is 0 Å². The third kappa shape index (κ3) is 4.18. The number of terminal acetylenes is 1. The van der Waals surface area contributed by atoms with Crippen molar-refractivity contribution >= 4 is 0 Å². The summed E-state index contributed by atoms with van der Waals surface area (Å²) in [4.78, 5) is 0. The molecule has 1 aliphatic rings. The Morgan fingerprint density at radius 1 is 1.07 bits per heavy atom. The highest BCUT2D eigenvalue weighted by Gasteiger charge is 2.18. The zero-order chi connectivity index (χ0) is 10.2. The summed E-state index contributed by atoms with van der Waals surface area (Å²) in [6.07, 6.45) is 17.9. The van der Waals surface area contributed by atoms with Crippen LogP contribution in [-0.4, -0.2) is 0 Å². The molecule has 14 heavy (non-hydrogen) atoms. The van der Waals surface area contributed by atoms with E-state index in [4.69, 9.17) is 6.42 Å². The van der Waals surface area contributed by atoms with E-state index in [0.717, 1.165) is 5.92 Å². The minimum atomic E-state index is 0.599. The summed E-state index contributed by atoms with van der Waals surface area (Å²) >= 11 is 0. The standard InChI is InChI=1S/C14H24/c1-3-5-6-7-8-14-11-9-13(4-2)10-12-14/h2,13-14H,3,5-12H2,1H3. The molecule has 0 amide bonds. The van der Waals surface area contributed by atoms with Crippen molar-refractivity contribution in [3.63, 3.8) is 0 Å². The molecule has 1 saturated carbocycles. The second kappa shape index (κ2) is 6.93. The lowest BCUT2D eigenvalue weighted by molar-refractivity contribution is 0.294. The quantitative estimate of drug-likeness (QED) is 0.447. The third-order valence-corrected chi connectivity index (χ3v) is 3.55. The normalized spacial score (nSPS) is 27.1. The van der Waals surface area contributed by atoms with Gasteiger partial charge < -0.3 is 0 Å². The maximum absolute atomic E-state index is 5.44. The van der Waals surface area contributed by atoms with Crippen LogP contribution in [0.15, 0.2) is 0 Å². The topological polar surface area (TPSA) is 0 Å². The van der Waals surface area contributed by atoms with E-state index in [9.17, 15) is 0 Å². The Balaban J connectivity index is 2.02. The van der Waals surface area contributed by atoms with Crippen LogP contribution in [0.3, 0.4) is 0 Å². The van der Waals surface area contributed by atoms with Crippen LogP contribution < -0.4 is 0 Å².